The molecule has 0 saturated heterocycles. The number of rotatable bonds is 4. The molecular weight excluding hydrogens is 269 g/mol. The van der Waals surface area contributed by atoms with Crippen molar-refractivity contribution in [3.05, 3.63) is 57.5 Å². The van der Waals surface area contributed by atoms with Gasteiger partial charge in [0.25, 0.3) is 0 Å². The van der Waals surface area contributed by atoms with Gasteiger partial charge >= 0.3 is 11.8 Å². The summed E-state index contributed by atoms with van der Waals surface area (Å²) in [5.74, 6) is -1.78. The van der Waals surface area contributed by atoms with Crippen molar-refractivity contribution in [1.29, 1.82) is 0 Å². The zero-order chi connectivity index (χ0) is 14.7. The quantitative estimate of drug-likeness (QED) is 0.483. The van der Waals surface area contributed by atoms with E-state index < -0.39 is 16.7 Å². The predicted molar refractivity (Wildman–Crippen MR) is 65.7 cm³/mol. The number of aromatic nitrogens is 2. The first-order chi connectivity index (χ1) is 9.51. The number of carbonyl (C=O) groups excluding carboxylic acids is 1. The molecule has 2 rings (SSSR count). The van der Waals surface area contributed by atoms with Crippen molar-refractivity contribution in [2.75, 3.05) is 7.11 Å². The molecule has 20 heavy (non-hydrogen) atoms. The molecule has 104 valence electrons. The summed E-state index contributed by atoms with van der Waals surface area (Å²) in [6.45, 7) is 0.179. The molecule has 0 aliphatic carbocycles. The number of nitro groups is 1. The van der Waals surface area contributed by atoms with Crippen LogP contribution in [0.5, 0.6) is 0 Å². The van der Waals surface area contributed by atoms with E-state index in [-0.39, 0.29) is 17.9 Å². The number of benzene rings is 1. The maximum atomic E-state index is 12.8. The molecule has 0 bridgehead atoms. The van der Waals surface area contributed by atoms with Crippen molar-refractivity contribution in [1.82, 2.24) is 9.78 Å². The summed E-state index contributed by atoms with van der Waals surface area (Å²) in [7, 11) is 1.13. The average molecular weight is 279 g/mol. The second-order valence-electron chi connectivity index (χ2n) is 3.94. The molecule has 2 aromatic rings. The van der Waals surface area contributed by atoms with Gasteiger partial charge in [-0.25, -0.2) is 9.18 Å². The van der Waals surface area contributed by atoms with Crippen LogP contribution in [0.2, 0.25) is 0 Å². The van der Waals surface area contributed by atoms with Crippen LogP contribution < -0.4 is 0 Å². The van der Waals surface area contributed by atoms with Crippen molar-refractivity contribution in [2.24, 2.45) is 0 Å². The maximum absolute atomic E-state index is 12.8. The Kier molecular flexibility index (Phi) is 3.74. The Bertz CT molecular complexity index is 651. The fourth-order valence-corrected chi connectivity index (χ4v) is 1.66. The molecule has 0 atom stereocenters. The van der Waals surface area contributed by atoms with Crippen LogP contribution in [0.1, 0.15) is 15.9 Å². The lowest BCUT2D eigenvalue weighted by Gasteiger charge is -1.97. The molecule has 7 nitrogen and oxygen atoms in total. The minimum absolute atomic E-state index is 0.179. The summed E-state index contributed by atoms with van der Waals surface area (Å²) in [5.41, 5.74) is 0.472. The normalized spacial score (nSPS) is 10.3. The Morgan fingerprint density at radius 1 is 1.45 bits per heavy atom. The number of esters is 1. The van der Waals surface area contributed by atoms with Crippen LogP contribution >= 0.6 is 0 Å². The number of hydrogen-bond acceptors (Lipinski definition) is 5. The lowest BCUT2D eigenvalue weighted by Crippen LogP contribution is -2.03. The molecular formula is C12H10FN3O4. The van der Waals surface area contributed by atoms with Gasteiger partial charge in [0.05, 0.1) is 25.0 Å². The van der Waals surface area contributed by atoms with Gasteiger partial charge in [0.2, 0.25) is 0 Å². The van der Waals surface area contributed by atoms with Crippen molar-refractivity contribution >= 4 is 11.8 Å². The molecule has 1 aromatic carbocycles. The molecule has 0 amide bonds. The third-order valence-electron chi connectivity index (χ3n) is 2.58. The summed E-state index contributed by atoms with van der Waals surface area (Å²) in [5, 5.41) is 14.5. The second-order valence-corrected chi connectivity index (χ2v) is 3.94. The Labute approximate surface area is 112 Å². The van der Waals surface area contributed by atoms with Crippen LogP contribution in [-0.4, -0.2) is 27.8 Å². The van der Waals surface area contributed by atoms with E-state index in [0.29, 0.717) is 5.56 Å². The Balaban J connectivity index is 2.31. The van der Waals surface area contributed by atoms with Gasteiger partial charge in [-0.05, 0) is 22.6 Å². The van der Waals surface area contributed by atoms with Gasteiger partial charge in [-0.3, -0.25) is 0 Å². The fourth-order valence-electron chi connectivity index (χ4n) is 1.66. The maximum Gasteiger partial charge on any atom is 0.404 e. The lowest BCUT2D eigenvalue weighted by molar-refractivity contribution is -0.390. The lowest BCUT2D eigenvalue weighted by atomic mass is 10.2. The molecule has 0 fully saturated rings. The number of ether oxygens (including phenoxy) is 1. The Hall–Kier alpha value is -2.77. The van der Waals surface area contributed by atoms with Crippen molar-refractivity contribution in [3.63, 3.8) is 0 Å². The first kappa shape index (κ1) is 13.7. The van der Waals surface area contributed by atoms with Crippen molar-refractivity contribution in [2.45, 2.75) is 6.54 Å². The monoisotopic (exact) mass is 279 g/mol. The second kappa shape index (κ2) is 5.47. The molecule has 0 saturated carbocycles. The van der Waals surface area contributed by atoms with Gasteiger partial charge < -0.3 is 14.9 Å². The highest BCUT2D eigenvalue weighted by atomic mass is 19.1. The van der Waals surface area contributed by atoms with E-state index in [1.54, 1.807) is 0 Å². The highest BCUT2D eigenvalue weighted by molar-refractivity contribution is 5.92. The SMILES string of the molecule is COC(=O)c1cn(Cc2ccc(F)cc2)nc1[N+](=O)[O-]. The van der Waals surface area contributed by atoms with Crippen LogP contribution in [0.4, 0.5) is 10.2 Å². The fraction of sp³-hybridized carbons (Fsp3) is 0.167. The standard InChI is InChI=1S/C12H10FN3O4/c1-20-12(17)10-7-15(14-11(10)16(18)19)6-8-2-4-9(13)5-3-8/h2-5,7H,6H2,1H3. The number of nitrogens with zero attached hydrogens (tertiary/aromatic N) is 3. The van der Waals surface area contributed by atoms with Gasteiger partial charge in [0, 0.05) is 0 Å². The molecule has 1 heterocycles. The van der Waals surface area contributed by atoms with Crippen LogP contribution in [0.25, 0.3) is 0 Å². The number of methoxy groups -OCH3 is 1. The minimum Gasteiger partial charge on any atom is -0.465 e. The highest BCUT2D eigenvalue weighted by Gasteiger charge is 2.27. The molecule has 0 aliphatic rings. The Morgan fingerprint density at radius 3 is 2.65 bits per heavy atom. The number of hydrogen-bond donors (Lipinski definition) is 0. The summed E-state index contributed by atoms with van der Waals surface area (Å²) < 4.78 is 18.5. The first-order valence-electron chi connectivity index (χ1n) is 5.56. The van der Waals surface area contributed by atoms with Gasteiger partial charge in [0.1, 0.15) is 5.82 Å². The molecule has 0 N–H and O–H groups in total. The van der Waals surface area contributed by atoms with Crippen LogP contribution in [0, 0.1) is 15.9 Å². The summed E-state index contributed by atoms with van der Waals surface area (Å²) in [4.78, 5) is 21.5. The molecule has 0 unspecified atom stereocenters. The van der Waals surface area contributed by atoms with Gasteiger partial charge in [0.15, 0.2) is 5.56 Å². The molecule has 1 aromatic heterocycles. The third-order valence-corrected chi connectivity index (χ3v) is 2.58. The zero-order valence-electron chi connectivity index (χ0n) is 10.4. The van der Waals surface area contributed by atoms with Gasteiger partial charge in [-0.15, -0.1) is 0 Å². The smallest absolute Gasteiger partial charge is 0.404 e. The van der Waals surface area contributed by atoms with Gasteiger partial charge in [-0.2, -0.15) is 4.68 Å². The molecule has 0 radical (unpaired) electrons. The first-order valence-corrected chi connectivity index (χ1v) is 5.56. The van der Waals surface area contributed by atoms with Crippen molar-refractivity contribution < 1.29 is 18.8 Å². The third kappa shape index (κ3) is 2.79. The summed E-state index contributed by atoms with van der Waals surface area (Å²) >= 11 is 0. The number of carbonyl (C=O) groups is 1. The van der Waals surface area contributed by atoms with Gasteiger partial charge in [-0.1, -0.05) is 12.1 Å². The zero-order valence-corrected chi connectivity index (χ0v) is 10.4. The summed E-state index contributed by atoms with van der Waals surface area (Å²) in [6, 6.07) is 5.60. The highest BCUT2D eigenvalue weighted by Crippen LogP contribution is 2.17. The molecule has 0 spiro atoms. The molecule has 0 aliphatic heterocycles. The molecule has 8 heteroatoms. The van der Waals surface area contributed by atoms with E-state index in [1.807, 2.05) is 0 Å². The summed E-state index contributed by atoms with van der Waals surface area (Å²) in [6.07, 6.45) is 1.23. The van der Waals surface area contributed by atoms with E-state index in [2.05, 4.69) is 9.84 Å². The predicted octanol–water partition coefficient (Wildman–Crippen LogP) is 1.77. The van der Waals surface area contributed by atoms with E-state index in [0.717, 1.165) is 7.11 Å². The van der Waals surface area contributed by atoms with E-state index >= 15 is 0 Å². The largest absolute Gasteiger partial charge is 0.465 e. The van der Waals surface area contributed by atoms with Crippen LogP contribution in [0.3, 0.4) is 0 Å². The van der Waals surface area contributed by atoms with Crippen molar-refractivity contribution in [3.8, 4) is 0 Å². The number of halogens is 1. The van der Waals surface area contributed by atoms with Crippen LogP contribution in [-0.2, 0) is 11.3 Å². The topological polar surface area (TPSA) is 87.3 Å². The Morgan fingerprint density at radius 2 is 2.10 bits per heavy atom. The van der Waals surface area contributed by atoms with E-state index in [9.17, 15) is 19.3 Å². The van der Waals surface area contributed by atoms with E-state index in [1.165, 1.54) is 35.1 Å². The minimum atomic E-state index is -0.831. The van der Waals surface area contributed by atoms with E-state index in [4.69, 9.17) is 0 Å². The average Bonchev–Trinajstić information content (AvgIpc) is 2.84. The van der Waals surface area contributed by atoms with Crippen LogP contribution in [0.15, 0.2) is 30.5 Å².